The van der Waals surface area contributed by atoms with Crippen molar-refractivity contribution in [3.05, 3.63) is 22.4 Å². The van der Waals surface area contributed by atoms with Crippen LogP contribution in [0.4, 0.5) is 4.79 Å². The molecule has 2 aromatic heterocycles. The molecule has 1 atom stereocenters. The number of fused-ring (bicyclic) bond motifs is 1. The SMILES string of the molecule is CC(C)(C)OC(=O)N1CCC[C@@H]1C#Cc1cc2ncnc(Cl)c2s1. The summed E-state index contributed by atoms with van der Waals surface area (Å²) in [7, 11) is 0. The standard InChI is InChI=1S/C17H18ClN3O2S/c1-17(2,3)23-16(22)21-8-4-5-11(21)6-7-12-9-13-14(24-12)15(18)20-10-19-13/h9-11H,4-5,8H2,1-3H3/t11-/m1/s1. The maximum absolute atomic E-state index is 12.3. The molecule has 0 saturated carbocycles. The predicted octanol–water partition coefficient (Wildman–Crippen LogP) is 4.10. The number of hydrogen-bond donors (Lipinski definition) is 0. The first-order chi connectivity index (χ1) is 11.3. The van der Waals surface area contributed by atoms with Gasteiger partial charge in [-0.05, 0) is 39.7 Å². The molecule has 3 heterocycles. The van der Waals surface area contributed by atoms with E-state index in [2.05, 4.69) is 21.8 Å². The first-order valence-corrected chi connectivity index (χ1v) is 8.94. The Morgan fingerprint density at radius 1 is 1.46 bits per heavy atom. The minimum absolute atomic E-state index is 0.119. The van der Waals surface area contributed by atoms with E-state index in [4.69, 9.17) is 16.3 Å². The summed E-state index contributed by atoms with van der Waals surface area (Å²) in [6, 6.07) is 1.78. The summed E-state index contributed by atoms with van der Waals surface area (Å²) in [6.45, 7) is 6.27. The van der Waals surface area contributed by atoms with Crippen molar-refractivity contribution in [3.8, 4) is 11.8 Å². The smallest absolute Gasteiger partial charge is 0.411 e. The third-order valence-corrected chi connectivity index (χ3v) is 4.96. The number of nitrogens with zero attached hydrogens (tertiary/aromatic N) is 3. The Bertz CT molecular complexity index is 832. The van der Waals surface area contributed by atoms with E-state index in [9.17, 15) is 4.79 Å². The third kappa shape index (κ3) is 3.80. The number of amides is 1. The Hall–Kier alpha value is -1.84. The minimum atomic E-state index is -0.501. The van der Waals surface area contributed by atoms with Crippen LogP contribution in [0.25, 0.3) is 10.2 Å². The summed E-state index contributed by atoms with van der Waals surface area (Å²) in [5, 5.41) is 0.439. The Morgan fingerprint density at radius 3 is 2.96 bits per heavy atom. The van der Waals surface area contributed by atoms with E-state index < -0.39 is 5.60 Å². The first-order valence-electron chi connectivity index (χ1n) is 7.75. The highest BCUT2D eigenvalue weighted by atomic mass is 35.5. The molecule has 1 amide bonds. The average Bonchev–Trinajstić information content (AvgIpc) is 3.10. The molecular formula is C17H18ClN3O2S. The van der Waals surface area contributed by atoms with Crippen molar-refractivity contribution in [2.75, 3.05) is 6.54 Å². The van der Waals surface area contributed by atoms with E-state index in [0.29, 0.717) is 11.7 Å². The minimum Gasteiger partial charge on any atom is -0.444 e. The molecule has 1 saturated heterocycles. The maximum atomic E-state index is 12.3. The second-order valence-corrected chi connectivity index (χ2v) is 8.00. The fourth-order valence-electron chi connectivity index (χ4n) is 2.50. The van der Waals surface area contributed by atoms with E-state index >= 15 is 0 Å². The number of thiophene rings is 1. The van der Waals surface area contributed by atoms with Gasteiger partial charge >= 0.3 is 6.09 Å². The zero-order valence-corrected chi connectivity index (χ0v) is 15.4. The van der Waals surface area contributed by atoms with Gasteiger partial charge in [-0.2, -0.15) is 0 Å². The number of ether oxygens (including phenoxy) is 1. The van der Waals surface area contributed by atoms with Crippen LogP contribution in [-0.2, 0) is 4.74 Å². The monoisotopic (exact) mass is 363 g/mol. The third-order valence-electron chi connectivity index (χ3n) is 3.51. The van der Waals surface area contributed by atoms with Gasteiger partial charge in [0.1, 0.15) is 17.1 Å². The Morgan fingerprint density at radius 2 is 2.25 bits per heavy atom. The van der Waals surface area contributed by atoms with Crippen molar-refractivity contribution in [2.45, 2.75) is 45.3 Å². The van der Waals surface area contributed by atoms with Crippen molar-refractivity contribution >= 4 is 39.2 Å². The molecule has 0 aliphatic carbocycles. The van der Waals surface area contributed by atoms with Crippen molar-refractivity contribution in [3.63, 3.8) is 0 Å². The molecule has 1 fully saturated rings. The van der Waals surface area contributed by atoms with Crippen molar-refractivity contribution < 1.29 is 9.53 Å². The molecule has 3 rings (SSSR count). The molecule has 0 aromatic carbocycles. The summed E-state index contributed by atoms with van der Waals surface area (Å²) in [5.74, 6) is 6.33. The molecule has 24 heavy (non-hydrogen) atoms. The lowest BCUT2D eigenvalue weighted by Crippen LogP contribution is -2.39. The quantitative estimate of drug-likeness (QED) is 0.522. The predicted molar refractivity (Wildman–Crippen MR) is 95.3 cm³/mol. The number of hydrogen-bond acceptors (Lipinski definition) is 5. The average molecular weight is 364 g/mol. The van der Waals surface area contributed by atoms with Gasteiger partial charge in [-0.25, -0.2) is 14.8 Å². The second-order valence-electron chi connectivity index (χ2n) is 6.59. The van der Waals surface area contributed by atoms with Gasteiger partial charge in [-0.15, -0.1) is 11.3 Å². The molecule has 5 nitrogen and oxygen atoms in total. The molecule has 0 bridgehead atoms. The summed E-state index contributed by atoms with van der Waals surface area (Å²) in [5.41, 5.74) is 0.290. The number of carbonyl (C=O) groups excluding carboxylic acids is 1. The van der Waals surface area contributed by atoms with E-state index in [0.717, 1.165) is 27.9 Å². The molecule has 1 aliphatic heterocycles. The summed E-state index contributed by atoms with van der Waals surface area (Å²) in [4.78, 5) is 23.0. The van der Waals surface area contributed by atoms with E-state index in [1.54, 1.807) is 4.90 Å². The zero-order chi connectivity index (χ0) is 17.3. The number of aromatic nitrogens is 2. The van der Waals surface area contributed by atoms with Crippen LogP contribution >= 0.6 is 22.9 Å². The number of rotatable bonds is 0. The lowest BCUT2D eigenvalue weighted by atomic mass is 10.2. The van der Waals surface area contributed by atoms with Crippen LogP contribution in [0.1, 0.15) is 38.5 Å². The molecule has 0 radical (unpaired) electrons. The topological polar surface area (TPSA) is 55.3 Å². The first kappa shape index (κ1) is 17.0. The van der Waals surface area contributed by atoms with Crippen LogP contribution in [0.3, 0.4) is 0 Å². The molecule has 0 spiro atoms. The number of likely N-dealkylation sites (tertiary alicyclic amines) is 1. The zero-order valence-electron chi connectivity index (χ0n) is 13.8. The van der Waals surface area contributed by atoms with Crippen LogP contribution in [-0.4, -0.2) is 39.1 Å². The van der Waals surface area contributed by atoms with E-state index in [1.807, 2.05) is 26.8 Å². The van der Waals surface area contributed by atoms with Crippen LogP contribution in [0, 0.1) is 11.8 Å². The highest BCUT2D eigenvalue weighted by Gasteiger charge is 2.31. The van der Waals surface area contributed by atoms with Gasteiger partial charge in [0.05, 0.1) is 21.1 Å². The van der Waals surface area contributed by atoms with Crippen molar-refractivity contribution in [2.24, 2.45) is 0 Å². The van der Waals surface area contributed by atoms with Crippen molar-refractivity contribution in [1.82, 2.24) is 14.9 Å². The highest BCUT2D eigenvalue weighted by molar-refractivity contribution is 7.20. The van der Waals surface area contributed by atoms with Crippen LogP contribution in [0.15, 0.2) is 12.4 Å². The van der Waals surface area contributed by atoms with Gasteiger partial charge < -0.3 is 4.74 Å². The second kappa shape index (κ2) is 6.58. The fourth-order valence-corrected chi connectivity index (χ4v) is 3.61. The Balaban J connectivity index is 1.78. The van der Waals surface area contributed by atoms with Gasteiger partial charge in [0.25, 0.3) is 0 Å². The fraction of sp³-hybridized carbons (Fsp3) is 0.471. The Kier molecular flexibility index (Phi) is 4.66. The lowest BCUT2D eigenvalue weighted by Gasteiger charge is -2.26. The normalized spacial score (nSPS) is 17.7. The van der Waals surface area contributed by atoms with Crippen molar-refractivity contribution in [1.29, 1.82) is 0 Å². The van der Waals surface area contributed by atoms with Crippen LogP contribution in [0.5, 0.6) is 0 Å². The number of carbonyl (C=O) groups is 1. The lowest BCUT2D eigenvalue weighted by molar-refractivity contribution is 0.0261. The summed E-state index contributed by atoms with van der Waals surface area (Å²) >= 11 is 7.53. The molecule has 2 aromatic rings. The van der Waals surface area contributed by atoms with Gasteiger partial charge in [0, 0.05) is 6.54 Å². The molecule has 0 unspecified atom stereocenters. The van der Waals surface area contributed by atoms with Crippen LogP contribution < -0.4 is 0 Å². The van der Waals surface area contributed by atoms with Gasteiger partial charge in [-0.1, -0.05) is 23.4 Å². The van der Waals surface area contributed by atoms with E-state index in [1.165, 1.54) is 17.7 Å². The molecular weight excluding hydrogens is 346 g/mol. The summed E-state index contributed by atoms with van der Waals surface area (Å²) < 4.78 is 6.29. The summed E-state index contributed by atoms with van der Waals surface area (Å²) in [6.07, 6.45) is 2.93. The van der Waals surface area contributed by atoms with Gasteiger partial charge in [0.15, 0.2) is 0 Å². The van der Waals surface area contributed by atoms with E-state index in [-0.39, 0.29) is 12.1 Å². The molecule has 0 N–H and O–H groups in total. The van der Waals surface area contributed by atoms with Gasteiger partial charge in [0.2, 0.25) is 0 Å². The molecule has 1 aliphatic rings. The molecule has 126 valence electrons. The maximum Gasteiger partial charge on any atom is 0.411 e. The Labute approximate surface area is 150 Å². The van der Waals surface area contributed by atoms with Gasteiger partial charge in [-0.3, -0.25) is 4.90 Å². The molecule has 7 heteroatoms. The van der Waals surface area contributed by atoms with Crippen LogP contribution in [0.2, 0.25) is 5.15 Å². The number of halogens is 1. The largest absolute Gasteiger partial charge is 0.444 e. The highest BCUT2D eigenvalue weighted by Crippen LogP contribution is 2.28.